The van der Waals surface area contributed by atoms with Crippen LogP contribution in [0.3, 0.4) is 0 Å². The molecule has 0 spiro atoms. The lowest BCUT2D eigenvalue weighted by Crippen LogP contribution is -2.35. The molecule has 27 heavy (non-hydrogen) atoms. The highest BCUT2D eigenvalue weighted by atomic mass is 16.5. The van der Waals surface area contributed by atoms with Crippen LogP contribution in [0.25, 0.3) is 0 Å². The van der Waals surface area contributed by atoms with E-state index in [0.717, 1.165) is 43.7 Å². The number of carbonyl (C=O) groups is 2. The van der Waals surface area contributed by atoms with Gasteiger partial charge in [0.2, 0.25) is 5.91 Å². The average Bonchev–Trinajstić information content (AvgIpc) is 2.69. The van der Waals surface area contributed by atoms with Gasteiger partial charge < -0.3 is 15.0 Å². The SMILES string of the molecule is CCCCOc1ccc(C(=O)Nc2cccc(N3CCCCC3=O)c2)cc1. The van der Waals surface area contributed by atoms with Gasteiger partial charge >= 0.3 is 0 Å². The number of rotatable bonds is 7. The average molecular weight is 366 g/mol. The highest BCUT2D eigenvalue weighted by molar-refractivity contribution is 6.04. The number of anilines is 2. The molecule has 0 bridgehead atoms. The molecule has 1 aliphatic heterocycles. The van der Waals surface area contributed by atoms with Crippen molar-refractivity contribution in [3.8, 4) is 5.75 Å². The zero-order valence-corrected chi connectivity index (χ0v) is 15.7. The van der Waals surface area contributed by atoms with Crippen LogP contribution in [0.15, 0.2) is 48.5 Å². The number of benzene rings is 2. The van der Waals surface area contributed by atoms with Crippen LogP contribution in [0.5, 0.6) is 5.75 Å². The summed E-state index contributed by atoms with van der Waals surface area (Å²) in [5.41, 5.74) is 2.08. The third kappa shape index (κ3) is 5.09. The van der Waals surface area contributed by atoms with Crippen LogP contribution in [0, 0.1) is 0 Å². The number of amides is 2. The molecule has 5 nitrogen and oxygen atoms in total. The predicted molar refractivity (Wildman–Crippen MR) is 107 cm³/mol. The summed E-state index contributed by atoms with van der Waals surface area (Å²) >= 11 is 0. The molecule has 142 valence electrons. The van der Waals surface area contributed by atoms with Crippen molar-refractivity contribution in [2.45, 2.75) is 39.0 Å². The molecule has 2 aromatic rings. The fraction of sp³-hybridized carbons (Fsp3) is 0.364. The third-order valence-corrected chi connectivity index (χ3v) is 4.62. The Morgan fingerprint density at radius 1 is 1.15 bits per heavy atom. The molecule has 1 fully saturated rings. The van der Waals surface area contributed by atoms with Crippen molar-refractivity contribution >= 4 is 23.2 Å². The van der Waals surface area contributed by atoms with E-state index in [9.17, 15) is 9.59 Å². The Morgan fingerprint density at radius 2 is 1.96 bits per heavy atom. The fourth-order valence-corrected chi connectivity index (χ4v) is 3.07. The number of hydrogen-bond acceptors (Lipinski definition) is 3. The molecule has 0 aliphatic carbocycles. The molecule has 0 aromatic heterocycles. The van der Waals surface area contributed by atoms with Gasteiger partial charge in [0, 0.05) is 29.9 Å². The van der Waals surface area contributed by atoms with E-state index in [2.05, 4.69) is 12.2 Å². The van der Waals surface area contributed by atoms with Crippen molar-refractivity contribution in [3.63, 3.8) is 0 Å². The first kappa shape index (κ1) is 19.0. The minimum absolute atomic E-state index is 0.142. The molecule has 3 rings (SSSR count). The molecule has 0 radical (unpaired) electrons. The molecule has 1 heterocycles. The molecule has 1 N–H and O–H groups in total. The third-order valence-electron chi connectivity index (χ3n) is 4.62. The Hall–Kier alpha value is -2.82. The summed E-state index contributed by atoms with van der Waals surface area (Å²) in [6.45, 7) is 3.53. The quantitative estimate of drug-likeness (QED) is 0.727. The maximum absolute atomic E-state index is 12.5. The van der Waals surface area contributed by atoms with Crippen LogP contribution in [-0.4, -0.2) is 25.0 Å². The Bertz CT molecular complexity index is 786. The van der Waals surface area contributed by atoms with Crippen molar-refractivity contribution < 1.29 is 14.3 Å². The van der Waals surface area contributed by atoms with Gasteiger partial charge in [0.25, 0.3) is 5.91 Å². The van der Waals surface area contributed by atoms with Crippen molar-refractivity contribution in [3.05, 3.63) is 54.1 Å². The van der Waals surface area contributed by atoms with Gasteiger partial charge in [-0.3, -0.25) is 9.59 Å². The number of unbranched alkanes of at least 4 members (excludes halogenated alkanes) is 1. The van der Waals surface area contributed by atoms with Gasteiger partial charge in [-0.2, -0.15) is 0 Å². The summed E-state index contributed by atoms with van der Waals surface area (Å²) in [6.07, 6.45) is 4.64. The van der Waals surface area contributed by atoms with E-state index in [1.165, 1.54) is 0 Å². The van der Waals surface area contributed by atoms with Gasteiger partial charge in [0.1, 0.15) is 5.75 Å². The normalized spacial score (nSPS) is 14.1. The topological polar surface area (TPSA) is 58.6 Å². The lowest BCUT2D eigenvalue weighted by molar-refractivity contribution is -0.119. The number of piperidine rings is 1. The molecule has 1 saturated heterocycles. The van der Waals surface area contributed by atoms with Crippen molar-refractivity contribution in [2.24, 2.45) is 0 Å². The largest absolute Gasteiger partial charge is 0.494 e. The van der Waals surface area contributed by atoms with Crippen LogP contribution in [0.4, 0.5) is 11.4 Å². The van der Waals surface area contributed by atoms with E-state index < -0.39 is 0 Å². The molecular formula is C22H26N2O3. The maximum Gasteiger partial charge on any atom is 0.255 e. The lowest BCUT2D eigenvalue weighted by atomic mass is 10.1. The summed E-state index contributed by atoms with van der Waals surface area (Å²) < 4.78 is 5.62. The summed E-state index contributed by atoms with van der Waals surface area (Å²) in [5.74, 6) is 0.728. The smallest absolute Gasteiger partial charge is 0.255 e. The van der Waals surface area contributed by atoms with E-state index in [1.54, 1.807) is 17.0 Å². The standard InChI is InChI=1S/C22H26N2O3/c1-2-3-15-27-20-12-10-17(11-13-20)22(26)23-18-7-6-8-19(16-18)24-14-5-4-9-21(24)25/h6-8,10-13,16H,2-5,9,14-15H2,1H3,(H,23,26). The second-order valence-electron chi connectivity index (χ2n) is 6.73. The first-order valence-corrected chi connectivity index (χ1v) is 9.62. The van der Waals surface area contributed by atoms with Gasteiger partial charge in [0.15, 0.2) is 0 Å². The van der Waals surface area contributed by atoms with Crippen molar-refractivity contribution in [2.75, 3.05) is 23.4 Å². The number of hydrogen-bond donors (Lipinski definition) is 1. The summed E-state index contributed by atoms with van der Waals surface area (Å²) in [4.78, 5) is 26.4. The van der Waals surface area contributed by atoms with E-state index >= 15 is 0 Å². The van der Waals surface area contributed by atoms with Crippen LogP contribution < -0.4 is 15.0 Å². The molecular weight excluding hydrogens is 340 g/mol. The van der Waals surface area contributed by atoms with Gasteiger partial charge in [-0.15, -0.1) is 0 Å². The second kappa shape index (κ2) is 9.21. The van der Waals surface area contributed by atoms with E-state index in [0.29, 0.717) is 24.3 Å². The number of ether oxygens (including phenoxy) is 1. The monoisotopic (exact) mass is 366 g/mol. The number of nitrogens with zero attached hydrogens (tertiary/aromatic N) is 1. The predicted octanol–water partition coefficient (Wildman–Crippen LogP) is 4.63. The van der Waals surface area contributed by atoms with Crippen LogP contribution >= 0.6 is 0 Å². The molecule has 0 unspecified atom stereocenters. The fourth-order valence-electron chi connectivity index (χ4n) is 3.07. The Kier molecular flexibility index (Phi) is 6.47. The Labute approximate surface area is 160 Å². The van der Waals surface area contributed by atoms with E-state index in [4.69, 9.17) is 4.74 Å². The first-order valence-electron chi connectivity index (χ1n) is 9.62. The molecule has 0 saturated carbocycles. The summed E-state index contributed by atoms with van der Waals surface area (Å²) in [7, 11) is 0. The lowest BCUT2D eigenvalue weighted by Gasteiger charge is -2.27. The number of carbonyl (C=O) groups excluding carboxylic acids is 2. The minimum atomic E-state index is -0.183. The van der Waals surface area contributed by atoms with Gasteiger partial charge in [-0.1, -0.05) is 19.4 Å². The van der Waals surface area contributed by atoms with Crippen LogP contribution in [0.2, 0.25) is 0 Å². The van der Waals surface area contributed by atoms with Gasteiger partial charge in [0.05, 0.1) is 6.61 Å². The zero-order chi connectivity index (χ0) is 19.1. The first-order chi connectivity index (χ1) is 13.2. The molecule has 5 heteroatoms. The molecule has 2 aromatic carbocycles. The maximum atomic E-state index is 12.5. The minimum Gasteiger partial charge on any atom is -0.494 e. The van der Waals surface area contributed by atoms with E-state index in [-0.39, 0.29) is 11.8 Å². The Balaban J connectivity index is 1.63. The molecule has 2 amide bonds. The Morgan fingerprint density at radius 3 is 2.70 bits per heavy atom. The number of nitrogens with one attached hydrogen (secondary N) is 1. The summed E-state index contributed by atoms with van der Waals surface area (Å²) in [6, 6.07) is 14.6. The van der Waals surface area contributed by atoms with Crippen LogP contribution in [-0.2, 0) is 4.79 Å². The highest BCUT2D eigenvalue weighted by Gasteiger charge is 2.19. The van der Waals surface area contributed by atoms with Crippen LogP contribution in [0.1, 0.15) is 49.4 Å². The molecule has 1 aliphatic rings. The second-order valence-corrected chi connectivity index (χ2v) is 6.73. The van der Waals surface area contributed by atoms with Gasteiger partial charge in [-0.05, 0) is 61.7 Å². The highest BCUT2D eigenvalue weighted by Crippen LogP contribution is 2.24. The zero-order valence-electron chi connectivity index (χ0n) is 15.7. The van der Waals surface area contributed by atoms with Crippen molar-refractivity contribution in [1.29, 1.82) is 0 Å². The summed E-state index contributed by atoms with van der Waals surface area (Å²) in [5, 5.41) is 2.91. The molecule has 0 atom stereocenters. The van der Waals surface area contributed by atoms with Gasteiger partial charge in [-0.25, -0.2) is 0 Å². The van der Waals surface area contributed by atoms with Crippen molar-refractivity contribution in [1.82, 2.24) is 0 Å². The van der Waals surface area contributed by atoms with E-state index in [1.807, 2.05) is 36.4 Å².